The number of hydrogen-bond donors (Lipinski definition) is 1. The van der Waals surface area contributed by atoms with Gasteiger partial charge in [-0.3, -0.25) is 19.1 Å². The van der Waals surface area contributed by atoms with Gasteiger partial charge in [0.1, 0.15) is 6.04 Å². The average molecular weight is 344 g/mol. The van der Waals surface area contributed by atoms with Crippen molar-refractivity contribution >= 4 is 5.91 Å². The monoisotopic (exact) mass is 344 g/mol. The first-order valence-electron chi connectivity index (χ1n) is 9.11. The van der Waals surface area contributed by atoms with Crippen molar-refractivity contribution in [2.45, 2.75) is 52.9 Å². The highest BCUT2D eigenvalue weighted by molar-refractivity contribution is 5.80. The molecule has 0 bridgehead atoms. The number of carbonyl (C=O) groups excluding carboxylic acids is 1. The van der Waals surface area contributed by atoms with Gasteiger partial charge in [-0.05, 0) is 24.5 Å². The standard InChI is InChI=1S/C18H28N6O/c1-4-17(24-7-5-6-20-24)18(25)19-11-15-10-16-13-22(12-14(2)3)8-9-23(16)21-15/h5-7,10,14,17H,4,8-9,11-13H2,1-3H3,(H,19,25). The van der Waals surface area contributed by atoms with E-state index in [9.17, 15) is 4.79 Å². The minimum absolute atomic E-state index is 0.0152. The van der Waals surface area contributed by atoms with E-state index in [0.29, 0.717) is 18.9 Å². The van der Waals surface area contributed by atoms with E-state index in [1.54, 1.807) is 10.9 Å². The second-order valence-electron chi connectivity index (χ2n) is 7.11. The van der Waals surface area contributed by atoms with Crippen LogP contribution in [0.3, 0.4) is 0 Å². The maximum absolute atomic E-state index is 12.4. The predicted octanol–water partition coefficient (Wildman–Crippen LogP) is 1.82. The zero-order chi connectivity index (χ0) is 17.8. The molecule has 1 atom stereocenters. The molecule has 1 aliphatic rings. The molecule has 0 saturated carbocycles. The zero-order valence-corrected chi connectivity index (χ0v) is 15.4. The Morgan fingerprint density at radius 2 is 2.20 bits per heavy atom. The van der Waals surface area contributed by atoms with Crippen LogP contribution in [0.25, 0.3) is 0 Å². The molecular weight excluding hydrogens is 316 g/mol. The molecule has 7 nitrogen and oxygen atoms in total. The molecular formula is C18H28N6O. The number of carbonyl (C=O) groups is 1. The molecule has 2 aromatic rings. The Hall–Kier alpha value is -2.15. The highest BCUT2D eigenvalue weighted by atomic mass is 16.2. The molecule has 0 aromatic carbocycles. The van der Waals surface area contributed by atoms with E-state index < -0.39 is 0 Å². The van der Waals surface area contributed by atoms with Gasteiger partial charge in [0.2, 0.25) is 5.91 Å². The minimum Gasteiger partial charge on any atom is -0.349 e. The first kappa shape index (κ1) is 17.7. The molecule has 0 fully saturated rings. The lowest BCUT2D eigenvalue weighted by Gasteiger charge is -2.28. The number of nitrogens with one attached hydrogen (secondary N) is 1. The Bertz CT molecular complexity index is 690. The van der Waals surface area contributed by atoms with Gasteiger partial charge < -0.3 is 5.32 Å². The van der Waals surface area contributed by atoms with E-state index in [1.807, 2.05) is 19.2 Å². The molecule has 0 radical (unpaired) electrons. The number of rotatable bonds is 7. The summed E-state index contributed by atoms with van der Waals surface area (Å²) in [7, 11) is 0. The maximum Gasteiger partial charge on any atom is 0.245 e. The molecule has 0 saturated heterocycles. The van der Waals surface area contributed by atoms with Gasteiger partial charge in [-0.2, -0.15) is 10.2 Å². The van der Waals surface area contributed by atoms with Gasteiger partial charge in [0, 0.05) is 32.0 Å². The average Bonchev–Trinajstić information content (AvgIpc) is 3.22. The van der Waals surface area contributed by atoms with Crippen LogP contribution in [0.4, 0.5) is 0 Å². The van der Waals surface area contributed by atoms with Crippen molar-refractivity contribution in [2.24, 2.45) is 5.92 Å². The van der Waals surface area contributed by atoms with Gasteiger partial charge in [0.15, 0.2) is 0 Å². The normalized spacial score (nSPS) is 16.0. The molecule has 0 aliphatic carbocycles. The summed E-state index contributed by atoms with van der Waals surface area (Å²) in [6, 6.07) is 3.68. The number of nitrogens with zero attached hydrogens (tertiary/aromatic N) is 5. The molecule has 1 unspecified atom stereocenters. The van der Waals surface area contributed by atoms with Crippen molar-refractivity contribution in [1.82, 2.24) is 29.8 Å². The summed E-state index contributed by atoms with van der Waals surface area (Å²) in [6.07, 6.45) is 4.23. The summed E-state index contributed by atoms with van der Waals surface area (Å²) >= 11 is 0. The molecule has 3 heterocycles. The third kappa shape index (κ3) is 4.28. The van der Waals surface area contributed by atoms with E-state index in [4.69, 9.17) is 0 Å². The lowest BCUT2D eigenvalue weighted by atomic mass is 10.2. The summed E-state index contributed by atoms with van der Waals surface area (Å²) in [5, 5.41) is 11.8. The highest BCUT2D eigenvalue weighted by Crippen LogP contribution is 2.15. The van der Waals surface area contributed by atoms with E-state index in [-0.39, 0.29) is 11.9 Å². The van der Waals surface area contributed by atoms with E-state index >= 15 is 0 Å². The van der Waals surface area contributed by atoms with Crippen LogP contribution in [0.15, 0.2) is 24.5 Å². The fourth-order valence-corrected chi connectivity index (χ4v) is 3.39. The van der Waals surface area contributed by atoms with Crippen molar-refractivity contribution < 1.29 is 4.79 Å². The van der Waals surface area contributed by atoms with Gasteiger partial charge in [-0.25, -0.2) is 0 Å². The fourth-order valence-electron chi connectivity index (χ4n) is 3.39. The van der Waals surface area contributed by atoms with Crippen LogP contribution in [0.5, 0.6) is 0 Å². The van der Waals surface area contributed by atoms with Crippen molar-refractivity contribution in [3.8, 4) is 0 Å². The molecule has 2 aromatic heterocycles. The molecule has 1 aliphatic heterocycles. The summed E-state index contributed by atoms with van der Waals surface area (Å²) in [5.41, 5.74) is 2.15. The molecule has 7 heteroatoms. The van der Waals surface area contributed by atoms with Crippen LogP contribution in [0, 0.1) is 5.92 Å². The van der Waals surface area contributed by atoms with Crippen LogP contribution in [0.2, 0.25) is 0 Å². The number of hydrogen-bond acceptors (Lipinski definition) is 4. The SMILES string of the molecule is CCC(C(=O)NCc1cc2n(n1)CCN(CC(C)C)C2)n1cccn1. The first-order valence-corrected chi connectivity index (χ1v) is 9.11. The minimum atomic E-state index is -0.270. The largest absolute Gasteiger partial charge is 0.349 e. The topological polar surface area (TPSA) is 68.0 Å². The van der Waals surface area contributed by atoms with E-state index in [0.717, 1.165) is 31.9 Å². The van der Waals surface area contributed by atoms with E-state index in [1.165, 1.54) is 5.69 Å². The molecule has 25 heavy (non-hydrogen) atoms. The highest BCUT2D eigenvalue weighted by Gasteiger charge is 2.21. The van der Waals surface area contributed by atoms with Gasteiger partial charge >= 0.3 is 0 Å². The predicted molar refractivity (Wildman–Crippen MR) is 95.7 cm³/mol. The third-order valence-electron chi connectivity index (χ3n) is 4.53. The Balaban J connectivity index is 1.58. The van der Waals surface area contributed by atoms with Crippen LogP contribution in [0.1, 0.15) is 44.6 Å². The van der Waals surface area contributed by atoms with Crippen LogP contribution in [-0.2, 0) is 24.4 Å². The maximum atomic E-state index is 12.4. The number of fused-ring (bicyclic) bond motifs is 1. The number of amides is 1. The molecule has 0 spiro atoms. The third-order valence-corrected chi connectivity index (χ3v) is 4.53. The Morgan fingerprint density at radius 3 is 2.88 bits per heavy atom. The summed E-state index contributed by atoms with van der Waals surface area (Å²) in [6.45, 7) is 10.9. The molecule has 3 rings (SSSR count). The fraction of sp³-hybridized carbons (Fsp3) is 0.611. The zero-order valence-electron chi connectivity index (χ0n) is 15.4. The summed E-state index contributed by atoms with van der Waals surface area (Å²) in [4.78, 5) is 14.9. The Labute approximate surface area is 149 Å². The van der Waals surface area contributed by atoms with Gasteiger partial charge in [0.25, 0.3) is 0 Å². The van der Waals surface area contributed by atoms with Crippen molar-refractivity contribution in [3.05, 3.63) is 35.9 Å². The van der Waals surface area contributed by atoms with Crippen molar-refractivity contribution in [1.29, 1.82) is 0 Å². The van der Waals surface area contributed by atoms with Gasteiger partial charge in [0.05, 0.1) is 24.5 Å². The van der Waals surface area contributed by atoms with Crippen molar-refractivity contribution in [3.63, 3.8) is 0 Å². The van der Waals surface area contributed by atoms with Gasteiger partial charge in [-0.15, -0.1) is 0 Å². The van der Waals surface area contributed by atoms with Crippen LogP contribution in [-0.4, -0.2) is 43.5 Å². The second-order valence-corrected chi connectivity index (χ2v) is 7.11. The first-order chi connectivity index (χ1) is 12.1. The van der Waals surface area contributed by atoms with Crippen LogP contribution >= 0.6 is 0 Å². The lowest BCUT2D eigenvalue weighted by Crippen LogP contribution is -2.36. The summed E-state index contributed by atoms with van der Waals surface area (Å²) in [5.74, 6) is 0.653. The van der Waals surface area contributed by atoms with Crippen molar-refractivity contribution in [2.75, 3.05) is 13.1 Å². The van der Waals surface area contributed by atoms with E-state index in [2.05, 4.69) is 45.0 Å². The van der Waals surface area contributed by atoms with Gasteiger partial charge in [-0.1, -0.05) is 20.8 Å². The quantitative estimate of drug-likeness (QED) is 0.832. The van der Waals surface area contributed by atoms with Crippen LogP contribution < -0.4 is 5.32 Å². The Morgan fingerprint density at radius 1 is 1.36 bits per heavy atom. The molecule has 1 N–H and O–H groups in total. The smallest absolute Gasteiger partial charge is 0.245 e. The second kappa shape index (κ2) is 7.82. The number of aromatic nitrogens is 4. The molecule has 136 valence electrons. The Kier molecular flexibility index (Phi) is 5.53. The molecule has 1 amide bonds. The lowest BCUT2D eigenvalue weighted by molar-refractivity contribution is -0.124. The summed E-state index contributed by atoms with van der Waals surface area (Å²) < 4.78 is 3.78.